The van der Waals surface area contributed by atoms with Gasteiger partial charge < -0.3 is 14.9 Å². The van der Waals surface area contributed by atoms with Crippen molar-refractivity contribution >= 4 is 17.6 Å². The Morgan fingerprint density at radius 3 is 2.33 bits per heavy atom. The topological polar surface area (TPSA) is 105 Å². The fourth-order valence-corrected chi connectivity index (χ4v) is 2.48. The van der Waals surface area contributed by atoms with E-state index in [9.17, 15) is 27.2 Å². The van der Waals surface area contributed by atoms with Gasteiger partial charge in [0.2, 0.25) is 11.7 Å². The van der Waals surface area contributed by atoms with E-state index in [1.54, 1.807) is 0 Å². The molecule has 2 N–H and O–H groups in total. The highest BCUT2D eigenvalue weighted by atomic mass is 19.4. The van der Waals surface area contributed by atoms with Gasteiger partial charge >= 0.3 is 12.1 Å². The largest absolute Gasteiger partial charge is 0.481 e. The van der Waals surface area contributed by atoms with Crippen molar-refractivity contribution in [2.24, 2.45) is 0 Å². The summed E-state index contributed by atoms with van der Waals surface area (Å²) in [5, 5.41) is 14.8. The molecule has 11 heteroatoms. The number of anilines is 1. The molecule has 0 fully saturated rings. The first kappa shape index (κ1) is 21.0. The molecule has 7 nitrogen and oxygen atoms in total. The van der Waals surface area contributed by atoms with Crippen molar-refractivity contribution in [3.8, 4) is 22.8 Å². The summed E-state index contributed by atoms with van der Waals surface area (Å²) in [6.07, 6.45) is -5.34. The molecule has 0 atom stereocenters. The van der Waals surface area contributed by atoms with E-state index in [1.165, 1.54) is 24.3 Å². The third-order valence-corrected chi connectivity index (χ3v) is 3.94. The number of nitrogens with zero attached hydrogens (tertiary/aromatic N) is 2. The van der Waals surface area contributed by atoms with E-state index in [1.807, 2.05) is 0 Å². The predicted molar refractivity (Wildman–Crippen MR) is 95.6 cm³/mol. The van der Waals surface area contributed by atoms with Crippen LogP contribution in [-0.4, -0.2) is 27.1 Å². The fraction of sp³-hybridized carbons (Fsp3) is 0.158. The third kappa shape index (κ3) is 4.99. The predicted octanol–water partition coefficient (Wildman–Crippen LogP) is 4.36. The van der Waals surface area contributed by atoms with Crippen molar-refractivity contribution in [3.63, 3.8) is 0 Å². The number of nitrogens with one attached hydrogen (secondary N) is 1. The summed E-state index contributed by atoms with van der Waals surface area (Å²) in [5.41, 5.74) is -0.676. The number of carboxylic acids is 1. The van der Waals surface area contributed by atoms with E-state index in [0.717, 1.165) is 6.07 Å². The molecule has 0 aliphatic carbocycles. The van der Waals surface area contributed by atoms with Gasteiger partial charge in [0.05, 0.1) is 12.0 Å². The van der Waals surface area contributed by atoms with Gasteiger partial charge in [-0.1, -0.05) is 5.16 Å². The molecule has 156 valence electrons. The molecule has 0 saturated heterocycles. The highest BCUT2D eigenvalue weighted by Crippen LogP contribution is 2.34. The lowest BCUT2D eigenvalue weighted by Crippen LogP contribution is -2.13. The van der Waals surface area contributed by atoms with Crippen LogP contribution in [-0.2, 0) is 15.8 Å². The number of rotatable bonds is 6. The molecule has 2 aromatic carbocycles. The first-order valence-corrected chi connectivity index (χ1v) is 8.46. The highest BCUT2D eigenvalue weighted by Gasteiger charge is 2.34. The molecule has 1 heterocycles. The second-order valence-electron chi connectivity index (χ2n) is 6.13. The van der Waals surface area contributed by atoms with Crippen LogP contribution in [0.5, 0.6) is 0 Å². The Morgan fingerprint density at radius 2 is 1.70 bits per heavy atom. The van der Waals surface area contributed by atoms with Crippen LogP contribution in [0.1, 0.15) is 18.4 Å². The number of amides is 1. The Kier molecular flexibility index (Phi) is 5.81. The van der Waals surface area contributed by atoms with Crippen LogP contribution in [0.4, 0.5) is 23.2 Å². The first-order valence-electron chi connectivity index (χ1n) is 8.46. The lowest BCUT2D eigenvalue weighted by Gasteiger charge is -2.08. The molecular formula is C19H13F4N3O4. The van der Waals surface area contributed by atoms with Crippen molar-refractivity contribution in [2.45, 2.75) is 19.0 Å². The molecule has 0 radical (unpaired) electrons. The maximum absolute atomic E-state index is 13.4. The van der Waals surface area contributed by atoms with Crippen LogP contribution in [0.2, 0.25) is 0 Å². The lowest BCUT2D eigenvalue weighted by molar-refractivity contribution is -0.140. The Morgan fingerprint density at radius 1 is 1.03 bits per heavy atom. The van der Waals surface area contributed by atoms with Crippen molar-refractivity contribution in [1.29, 1.82) is 0 Å². The minimum Gasteiger partial charge on any atom is -0.481 e. The molecule has 0 bridgehead atoms. The summed E-state index contributed by atoms with van der Waals surface area (Å²) >= 11 is 0. The van der Waals surface area contributed by atoms with E-state index in [-0.39, 0.29) is 30.1 Å². The molecule has 1 aromatic heterocycles. The zero-order valence-corrected chi connectivity index (χ0v) is 15.0. The minimum absolute atomic E-state index is 0.0756. The molecule has 0 spiro atoms. The number of aromatic nitrogens is 2. The highest BCUT2D eigenvalue weighted by molar-refractivity contribution is 5.92. The molecule has 1 amide bonds. The maximum atomic E-state index is 13.4. The summed E-state index contributed by atoms with van der Waals surface area (Å²) in [5.74, 6) is -3.11. The second-order valence-corrected chi connectivity index (χ2v) is 6.13. The average molecular weight is 423 g/mol. The van der Waals surface area contributed by atoms with Crippen molar-refractivity contribution in [2.75, 3.05) is 5.32 Å². The summed E-state index contributed by atoms with van der Waals surface area (Å²) < 4.78 is 57.0. The Balaban J connectivity index is 1.75. The number of carbonyl (C=O) groups is 2. The number of hydrogen-bond acceptors (Lipinski definition) is 5. The molecule has 0 saturated carbocycles. The summed E-state index contributed by atoms with van der Waals surface area (Å²) in [4.78, 5) is 26.1. The normalized spacial score (nSPS) is 11.3. The number of carbonyl (C=O) groups excluding carboxylic acids is 1. The molecule has 0 aliphatic heterocycles. The molecule has 0 unspecified atom stereocenters. The molecule has 3 aromatic rings. The summed E-state index contributed by atoms with van der Waals surface area (Å²) in [6, 6.07) is 8.46. The number of hydrogen-bond donors (Lipinski definition) is 2. The van der Waals surface area contributed by atoms with Crippen LogP contribution < -0.4 is 5.32 Å². The Bertz CT molecular complexity index is 1080. The van der Waals surface area contributed by atoms with E-state index in [2.05, 4.69) is 15.5 Å². The van der Waals surface area contributed by atoms with Gasteiger partial charge in [0.25, 0.3) is 5.89 Å². The monoisotopic (exact) mass is 423 g/mol. The fourth-order valence-electron chi connectivity index (χ4n) is 2.48. The lowest BCUT2D eigenvalue weighted by atomic mass is 10.1. The van der Waals surface area contributed by atoms with Gasteiger partial charge in [0.1, 0.15) is 5.82 Å². The minimum atomic E-state index is -4.87. The van der Waals surface area contributed by atoms with Crippen molar-refractivity contribution < 1.29 is 36.8 Å². The number of aliphatic carboxylic acids is 1. The standard InChI is InChI=1S/C19H13F4N3O4/c20-14-6-3-11(9-13(14)19(21,22)23)18-25-17(26-30-18)10-1-4-12(5-2-10)24-15(27)7-8-16(28)29/h1-6,9H,7-8H2,(H,24,27)(H,28,29). The van der Waals surface area contributed by atoms with Crippen LogP contribution in [0.3, 0.4) is 0 Å². The van der Waals surface area contributed by atoms with E-state index in [4.69, 9.17) is 9.63 Å². The first-order chi connectivity index (χ1) is 14.1. The van der Waals surface area contributed by atoms with Crippen molar-refractivity contribution in [1.82, 2.24) is 10.1 Å². The molecule has 3 rings (SSSR count). The quantitative estimate of drug-likeness (QED) is 0.571. The van der Waals surface area contributed by atoms with Crippen molar-refractivity contribution in [3.05, 3.63) is 53.8 Å². The van der Waals surface area contributed by atoms with E-state index < -0.39 is 29.4 Å². The summed E-state index contributed by atoms with van der Waals surface area (Å²) in [6.45, 7) is 0. The van der Waals surface area contributed by atoms with Gasteiger partial charge in [0, 0.05) is 23.2 Å². The smallest absolute Gasteiger partial charge is 0.419 e. The maximum Gasteiger partial charge on any atom is 0.419 e. The number of alkyl halides is 3. The van der Waals surface area contributed by atoms with Gasteiger partial charge in [-0.25, -0.2) is 4.39 Å². The Hall–Kier alpha value is -3.76. The zero-order valence-electron chi connectivity index (χ0n) is 15.0. The van der Waals surface area contributed by atoms with Crippen LogP contribution >= 0.6 is 0 Å². The van der Waals surface area contributed by atoms with Crippen LogP contribution in [0.15, 0.2) is 47.0 Å². The second kappa shape index (κ2) is 8.31. The van der Waals surface area contributed by atoms with Gasteiger partial charge in [0.15, 0.2) is 0 Å². The third-order valence-electron chi connectivity index (χ3n) is 3.94. The number of benzene rings is 2. The molecular weight excluding hydrogens is 410 g/mol. The van der Waals surface area contributed by atoms with Gasteiger partial charge in [-0.3, -0.25) is 9.59 Å². The number of halogens is 4. The van der Waals surface area contributed by atoms with E-state index in [0.29, 0.717) is 23.4 Å². The van der Waals surface area contributed by atoms with E-state index >= 15 is 0 Å². The number of carboxylic acid groups (broad SMARTS) is 1. The molecule has 30 heavy (non-hydrogen) atoms. The van der Waals surface area contributed by atoms with Gasteiger partial charge in [-0.15, -0.1) is 0 Å². The molecule has 0 aliphatic rings. The van der Waals surface area contributed by atoms with Gasteiger partial charge in [-0.2, -0.15) is 18.2 Å². The summed E-state index contributed by atoms with van der Waals surface area (Å²) in [7, 11) is 0. The average Bonchev–Trinajstić information content (AvgIpc) is 3.16. The Labute approximate surface area is 166 Å². The zero-order chi connectivity index (χ0) is 21.9. The van der Waals surface area contributed by atoms with Crippen LogP contribution in [0.25, 0.3) is 22.8 Å². The SMILES string of the molecule is O=C(O)CCC(=O)Nc1ccc(-c2noc(-c3ccc(F)c(C(F)(F)F)c3)n2)cc1. The van der Waals surface area contributed by atoms with Gasteiger partial charge in [-0.05, 0) is 42.5 Å². The van der Waals surface area contributed by atoms with Crippen LogP contribution in [0, 0.1) is 5.82 Å².